The molecule has 0 aliphatic heterocycles. The Morgan fingerprint density at radius 1 is 0.941 bits per heavy atom. The van der Waals surface area contributed by atoms with Crippen LogP contribution >= 0.6 is 11.8 Å². The molecular weight excluding hydrogens is 450 g/mol. The number of aromatic nitrogens is 3. The number of nitrogens with one attached hydrogen (secondary N) is 2. The first-order valence-electron chi connectivity index (χ1n) is 10.5. The van der Waals surface area contributed by atoms with Crippen molar-refractivity contribution in [2.45, 2.75) is 11.9 Å². The minimum atomic E-state index is -0.451. The number of nitrogens with zero attached hydrogens (tertiary/aromatic N) is 3. The van der Waals surface area contributed by atoms with Gasteiger partial charge in [0, 0.05) is 24.5 Å². The third-order valence-electron chi connectivity index (χ3n) is 5.38. The van der Waals surface area contributed by atoms with Gasteiger partial charge in [0.25, 0.3) is 17.4 Å². The van der Waals surface area contributed by atoms with Crippen LogP contribution in [0.1, 0.15) is 26.4 Å². The number of carbonyl (C=O) groups is 2. The van der Waals surface area contributed by atoms with E-state index in [9.17, 15) is 14.4 Å². The molecule has 0 aliphatic rings. The molecule has 4 aromatic rings. The minimum Gasteiger partial charge on any atom is -0.322 e. The van der Waals surface area contributed by atoms with Crippen molar-refractivity contribution in [2.75, 3.05) is 16.9 Å². The number of amides is 2. The van der Waals surface area contributed by atoms with Gasteiger partial charge in [-0.1, -0.05) is 24.3 Å². The van der Waals surface area contributed by atoms with Crippen molar-refractivity contribution in [1.29, 1.82) is 0 Å². The van der Waals surface area contributed by atoms with Crippen molar-refractivity contribution in [3.8, 4) is 5.69 Å². The average Bonchev–Trinajstić information content (AvgIpc) is 3.07. The van der Waals surface area contributed by atoms with Crippen LogP contribution in [0, 0.1) is 6.92 Å². The molecule has 0 saturated heterocycles. The fourth-order valence-corrected chi connectivity index (χ4v) is 4.11. The molecule has 0 radical (unpaired) electrons. The maximum Gasteiger partial charge on any atom is 0.295 e. The van der Waals surface area contributed by atoms with Crippen LogP contribution in [0.5, 0.6) is 0 Å². The lowest BCUT2D eigenvalue weighted by molar-refractivity contribution is 0.101. The summed E-state index contributed by atoms with van der Waals surface area (Å²) in [7, 11) is 1.76. The van der Waals surface area contributed by atoms with Gasteiger partial charge in [-0.05, 0) is 55.6 Å². The second-order valence-electron chi connectivity index (χ2n) is 7.49. The van der Waals surface area contributed by atoms with E-state index in [0.29, 0.717) is 33.2 Å². The van der Waals surface area contributed by atoms with Crippen LogP contribution in [0.15, 0.2) is 82.7 Å². The Balaban J connectivity index is 1.57. The van der Waals surface area contributed by atoms with Crippen molar-refractivity contribution in [3.63, 3.8) is 0 Å². The fraction of sp³-hybridized carbons (Fsp3) is 0.120. The van der Waals surface area contributed by atoms with Crippen molar-refractivity contribution in [2.24, 2.45) is 7.05 Å². The molecule has 2 N–H and O–H groups in total. The number of anilines is 2. The van der Waals surface area contributed by atoms with E-state index in [-0.39, 0.29) is 17.2 Å². The number of carbonyl (C=O) groups excluding carboxylic acids is 2. The summed E-state index contributed by atoms with van der Waals surface area (Å²) in [4.78, 5) is 43.0. The quantitative estimate of drug-likeness (QED) is 0.411. The molecule has 2 heterocycles. The van der Waals surface area contributed by atoms with Crippen molar-refractivity contribution in [1.82, 2.24) is 14.3 Å². The van der Waals surface area contributed by atoms with Gasteiger partial charge in [-0.15, -0.1) is 11.8 Å². The van der Waals surface area contributed by atoms with E-state index in [1.165, 1.54) is 16.4 Å². The molecule has 0 bridgehead atoms. The largest absolute Gasteiger partial charge is 0.322 e. The summed E-state index contributed by atoms with van der Waals surface area (Å²) in [6, 6.07) is 19.1. The van der Waals surface area contributed by atoms with Crippen molar-refractivity contribution in [3.05, 3.63) is 100 Å². The zero-order valence-electron chi connectivity index (χ0n) is 18.9. The first-order chi connectivity index (χ1) is 16.4. The van der Waals surface area contributed by atoms with Gasteiger partial charge >= 0.3 is 0 Å². The van der Waals surface area contributed by atoms with Crippen LogP contribution in [0.4, 0.5) is 11.4 Å². The zero-order valence-corrected chi connectivity index (χ0v) is 19.7. The molecule has 172 valence electrons. The molecule has 4 rings (SSSR count). The third-order valence-corrected chi connectivity index (χ3v) is 6.10. The van der Waals surface area contributed by atoms with Crippen LogP contribution in [0.3, 0.4) is 0 Å². The Labute approximate surface area is 200 Å². The van der Waals surface area contributed by atoms with E-state index in [4.69, 9.17) is 0 Å². The molecule has 0 atom stereocenters. The minimum absolute atomic E-state index is 0.200. The number of benzene rings is 2. The normalized spacial score (nSPS) is 10.7. The molecule has 0 fully saturated rings. The zero-order chi connectivity index (χ0) is 24.2. The predicted octanol–water partition coefficient (Wildman–Crippen LogP) is 4.11. The number of para-hydroxylation sites is 1. The number of thioether (sulfide) groups is 1. The molecule has 0 saturated carbocycles. The Bertz CT molecular complexity index is 1430. The monoisotopic (exact) mass is 473 g/mol. The lowest BCUT2D eigenvalue weighted by Crippen LogP contribution is -2.23. The van der Waals surface area contributed by atoms with Crippen molar-refractivity contribution >= 4 is 35.0 Å². The topological polar surface area (TPSA) is 98.0 Å². The van der Waals surface area contributed by atoms with Crippen LogP contribution < -0.4 is 16.2 Å². The summed E-state index contributed by atoms with van der Waals surface area (Å²) >= 11 is 1.38. The molecule has 34 heavy (non-hydrogen) atoms. The highest BCUT2D eigenvalue weighted by molar-refractivity contribution is 7.98. The van der Waals surface area contributed by atoms with Crippen LogP contribution in [0.2, 0.25) is 0 Å². The third kappa shape index (κ3) is 4.51. The molecule has 2 aromatic heterocycles. The SMILES string of the molecule is CSc1ncccc1C(=O)Nc1cccc(C(=O)Nc2c(C)n(C)n(-c3ccccc3)c2=O)c1. The Hall–Kier alpha value is -4.11. The fourth-order valence-electron chi connectivity index (χ4n) is 3.56. The summed E-state index contributed by atoms with van der Waals surface area (Å²) in [5.41, 5.74) is 2.40. The lowest BCUT2D eigenvalue weighted by atomic mass is 10.1. The molecule has 8 nitrogen and oxygen atoms in total. The molecule has 2 aromatic carbocycles. The predicted molar refractivity (Wildman–Crippen MR) is 134 cm³/mol. The van der Waals surface area contributed by atoms with Gasteiger partial charge in [-0.2, -0.15) is 0 Å². The van der Waals surface area contributed by atoms with Gasteiger partial charge < -0.3 is 10.6 Å². The van der Waals surface area contributed by atoms with Gasteiger partial charge in [-0.25, -0.2) is 9.67 Å². The molecule has 0 unspecified atom stereocenters. The summed E-state index contributed by atoms with van der Waals surface area (Å²) in [5.74, 6) is -0.770. The summed E-state index contributed by atoms with van der Waals surface area (Å²) in [6.45, 7) is 1.77. The number of hydrogen-bond donors (Lipinski definition) is 2. The number of rotatable bonds is 6. The van der Waals surface area contributed by atoms with Crippen LogP contribution in [-0.2, 0) is 7.05 Å². The molecule has 2 amide bonds. The Kier molecular flexibility index (Phi) is 6.65. The molecule has 0 spiro atoms. The first kappa shape index (κ1) is 23.1. The standard InChI is InChI=1S/C25H23N5O3S/c1-16-21(25(33)30(29(16)2)19-11-5-4-6-12-19)28-22(31)17-9-7-10-18(15-17)27-23(32)20-13-8-14-26-24(20)34-3/h4-15H,1-3H3,(H,27,32)(H,28,31). The summed E-state index contributed by atoms with van der Waals surface area (Å²) < 4.78 is 3.19. The maximum absolute atomic E-state index is 13.1. The van der Waals surface area contributed by atoms with Gasteiger partial charge in [0.05, 0.1) is 16.9 Å². The Morgan fingerprint density at radius 3 is 2.44 bits per heavy atom. The molecule has 0 aliphatic carbocycles. The number of pyridine rings is 1. The van der Waals surface area contributed by atoms with E-state index in [1.807, 2.05) is 36.6 Å². The van der Waals surface area contributed by atoms with Crippen LogP contribution in [-0.4, -0.2) is 32.4 Å². The van der Waals surface area contributed by atoms with E-state index in [1.54, 1.807) is 61.2 Å². The second-order valence-corrected chi connectivity index (χ2v) is 8.28. The summed E-state index contributed by atoms with van der Waals surface area (Å²) in [5, 5.41) is 6.16. The first-order valence-corrected chi connectivity index (χ1v) is 11.7. The van der Waals surface area contributed by atoms with E-state index < -0.39 is 5.91 Å². The van der Waals surface area contributed by atoms with Gasteiger partial charge in [-0.3, -0.25) is 19.1 Å². The highest BCUT2D eigenvalue weighted by Gasteiger charge is 2.19. The number of hydrogen-bond acceptors (Lipinski definition) is 5. The van der Waals surface area contributed by atoms with E-state index in [0.717, 1.165) is 0 Å². The van der Waals surface area contributed by atoms with Gasteiger partial charge in [0.2, 0.25) is 0 Å². The van der Waals surface area contributed by atoms with E-state index in [2.05, 4.69) is 15.6 Å². The molecule has 9 heteroatoms. The molecular formula is C25H23N5O3S. The maximum atomic E-state index is 13.1. The van der Waals surface area contributed by atoms with Crippen molar-refractivity contribution < 1.29 is 9.59 Å². The Morgan fingerprint density at radius 2 is 1.71 bits per heavy atom. The smallest absolute Gasteiger partial charge is 0.295 e. The van der Waals surface area contributed by atoms with Gasteiger partial charge in [0.15, 0.2) is 0 Å². The highest BCUT2D eigenvalue weighted by atomic mass is 32.2. The lowest BCUT2D eigenvalue weighted by Gasteiger charge is -2.09. The highest BCUT2D eigenvalue weighted by Crippen LogP contribution is 2.20. The second kappa shape index (κ2) is 9.80. The average molecular weight is 474 g/mol. The van der Waals surface area contributed by atoms with Crippen LogP contribution in [0.25, 0.3) is 5.69 Å². The summed E-state index contributed by atoms with van der Waals surface area (Å²) in [6.07, 6.45) is 3.48. The van der Waals surface area contributed by atoms with Gasteiger partial charge in [0.1, 0.15) is 10.7 Å². The van der Waals surface area contributed by atoms with E-state index >= 15 is 0 Å².